The molecule has 4 rings (SSSR count). The molecule has 28 heavy (non-hydrogen) atoms. The van der Waals surface area contributed by atoms with Crippen molar-refractivity contribution in [3.63, 3.8) is 0 Å². The van der Waals surface area contributed by atoms with Gasteiger partial charge in [0.15, 0.2) is 10.8 Å². The minimum atomic E-state index is -0.140. The number of aromatic nitrogens is 3. The highest BCUT2D eigenvalue weighted by Gasteiger charge is 2.15. The number of fused-ring (bicyclic) bond motifs is 3. The van der Waals surface area contributed by atoms with Crippen molar-refractivity contribution in [3.8, 4) is 0 Å². The summed E-state index contributed by atoms with van der Waals surface area (Å²) in [5.41, 5.74) is 5.96. The maximum atomic E-state index is 12.4. The molecule has 7 heteroatoms. The van der Waals surface area contributed by atoms with Crippen LogP contribution in [-0.4, -0.2) is 26.3 Å². The highest BCUT2D eigenvalue weighted by Crippen LogP contribution is 2.28. The summed E-state index contributed by atoms with van der Waals surface area (Å²) in [5, 5.41) is 13.8. The van der Waals surface area contributed by atoms with Crippen molar-refractivity contribution >= 4 is 51.5 Å². The van der Waals surface area contributed by atoms with Gasteiger partial charge in [0, 0.05) is 0 Å². The van der Waals surface area contributed by atoms with Crippen molar-refractivity contribution in [2.45, 2.75) is 25.9 Å². The summed E-state index contributed by atoms with van der Waals surface area (Å²) in [7, 11) is 0. The molecule has 0 saturated carbocycles. The normalized spacial score (nSPS) is 11.3. The number of benzene rings is 2. The average molecular weight is 411 g/mol. The number of carbonyl (C=O) groups excluding carboxylic acids is 1. The van der Waals surface area contributed by atoms with Crippen molar-refractivity contribution in [2.75, 3.05) is 11.1 Å². The Morgan fingerprint density at radius 3 is 2.57 bits per heavy atom. The van der Waals surface area contributed by atoms with Gasteiger partial charge in [0.1, 0.15) is 0 Å². The number of amides is 1. The Hall–Kier alpha value is -2.57. The van der Waals surface area contributed by atoms with E-state index in [0.717, 1.165) is 22.1 Å². The lowest BCUT2D eigenvalue weighted by molar-refractivity contribution is -0.113. The number of thioether (sulfide) groups is 1. The van der Waals surface area contributed by atoms with Crippen LogP contribution in [0.15, 0.2) is 47.6 Å². The lowest BCUT2D eigenvalue weighted by atomic mass is 10.0. The predicted molar refractivity (Wildman–Crippen MR) is 116 cm³/mol. The van der Waals surface area contributed by atoms with Gasteiger partial charge >= 0.3 is 0 Å². The Kier molecular flexibility index (Phi) is 5.00. The molecule has 5 nitrogen and oxygen atoms in total. The smallest absolute Gasteiger partial charge is 0.234 e. The van der Waals surface area contributed by atoms with Gasteiger partial charge in [0.2, 0.25) is 5.91 Å². The van der Waals surface area contributed by atoms with Crippen molar-refractivity contribution in [1.29, 1.82) is 0 Å². The lowest BCUT2D eigenvalue weighted by Gasteiger charge is -2.10. The number of nitrogens with one attached hydrogen (secondary N) is 1. The number of anilines is 1. The Balaban J connectivity index is 1.65. The maximum Gasteiger partial charge on any atom is 0.234 e. The zero-order valence-corrected chi connectivity index (χ0v) is 17.4. The zero-order valence-electron chi connectivity index (χ0n) is 15.8. The fraction of sp³-hybridized carbons (Fsp3) is 0.190. The third-order valence-corrected chi connectivity index (χ3v) is 5.98. The molecule has 0 aliphatic rings. The van der Waals surface area contributed by atoms with Gasteiger partial charge in [-0.05, 0) is 73.2 Å². The van der Waals surface area contributed by atoms with Crippen LogP contribution in [0, 0.1) is 20.8 Å². The summed E-state index contributed by atoms with van der Waals surface area (Å²) in [6.07, 6.45) is 0. The Morgan fingerprint density at radius 1 is 1.07 bits per heavy atom. The first kappa shape index (κ1) is 18.8. The molecule has 0 unspecified atom stereocenters. The van der Waals surface area contributed by atoms with Gasteiger partial charge in [-0.2, -0.15) is 0 Å². The number of para-hydroxylation sites is 1. The van der Waals surface area contributed by atoms with Gasteiger partial charge in [-0.1, -0.05) is 35.5 Å². The molecule has 0 aliphatic carbocycles. The monoisotopic (exact) mass is 410 g/mol. The Labute approximate surface area is 172 Å². The van der Waals surface area contributed by atoms with Crippen LogP contribution in [0.3, 0.4) is 0 Å². The number of rotatable bonds is 4. The topological polar surface area (TPSA) is 59.3 Å². The molecule has 2 aromatic heterocycles. The second-order valence-electron chi connectivity index (χ2n) is 6.78. The summed E-state index contributed by atoms with van der Waals surface area (Å²) < 4.78 is 2.03. The number of nitrogens with zero attached hydrogens (tertiary/aromatic N) is 3. The second-order valence-corrected chi connectivity index (χ2v) is 8.13. The largest absolute Gasteiger partial charge is 0.324 e. The fourth-order valence-electron chi connectivity index (χ4n) is 3.15. The molecule has 1 N–H and O–H groups in total. The van der Waals surface area contributed by atoms with Crippen LogP contribution in [0.5, 0.6) is 0 Å². The van der Waals surface area contributed by atoms with Crippen molar-refractivity contribution in [2.24, 2.45) is 0 Å². The van der Waals surface area contributed by atoms with E-state index in [1.165, 1.54) is 22.9 Å². The van der Waals surface area contributed by atoms with E-state index < -0.39 is 0 Å². The van der Waals surface area contributed by atoms with Crippen LogP contribution in [-0.2, 0) is 4.79 Å². The highest BCUT2D eigenvalue weighted by molar-refractivity contribution is 7.99. The second kappa shape index (κ2) is 7.45. The zero-order chi connectivity index (χ0) is 19.8. The van der Waals surface area contributed by atoms with Gasteiger partial charge in [-0.3, -0.25) is 9.20 Å². The number of carbonyl (C=O) groups is 1. The maximum absolute atomic E-state index is 12.4. The van der Waals surface area contributed by atoms with Crippen molar-refractivity contribution in [3.05, 3.63) is 64.2 Å². The highest BCUT2D eigenvalue weighted by atomic mass is 35.5. The third-order valence-electron chi connectivity index (χ3n) is 4.72. The van der Waals surface area contributed by atoms with Gasteiger partial charge in [-0.25, -0.2) is 0 Å². The molecule has 0 aliphatic heterocycles. The summed E-state index contributed by atoms with van der Waals surface area (Å²) in [5.74, 6) is 0.0746. The van der Waals surface area contributed by atoms with E-state index in [0.29, 0.717) is 15.9 Å². The van der Waals surface area contributed by atoms with Crippen LogP contribution in [0.4, 0.5) is 5.69 Å². The van der Waals surface area contributed by atoms with E-state index in [1.807, 2.05) is 23.5 Å². The molecule has 0 spiro atoms. The van der Waals surface area contributed by atoms with Gasteiger partial charge in [-0.15, -0.1) is 10.2 Å². The van der Waals surface area contributed by atoms with Crippen molar-refractivity contribution < 1.29 is 4.79 Å². The number of pyridine rings is 1. The number of halogens is 1. The molecule has 1 amide bonds. The van der Waals surface area contributed by atoms with Crippen LogP contribution >= 0.6 is 23.4 Å². The third kappa shape index (κ3) is 3.45. The number of hydrogen-bond donors (Lipinski definition) is 1. The predicted octanol–water partition coefficient (Wildman–Crippen LogP) is 5.19. The average Bonchev–Trinajstić information content (AvgIpc) is 3.09. The Morgan fingerprint density at radius 2 is 1.79 bits per heavy atom. The number of hydrogen-bond acceptors (Lipinski definition) is 4. The van der Waals surface area contributed by atoms with E-state index in [2.05, 4.69) is 47.6 Å². The molecule has 142 valence electrons. The Bertz CT molecular complexity index is 1220. The summed E-state index contributed by atoms with van der Waals surface area (Å²) in [4.78, 5) is 12.4. The van der Waals surface area contributed by atoms with Gasteiger partial charge < -0.3 is 5.32 Å². The van der Waals surface area contributed by atoms with Gasteiger partial charge in [0.05, 0.1) is 22.0 Å². The first-order chi connectivity index (χ1) is 13.4. The molecule has 0 bridgehead atoms. The summed E-state index contributed by atoms with van der Waals surface area (Å²) in [6.45, 7) is 6.22. The molecule has 0 saturated heterocycles. The molecule has 2 heterocycles. The minimum absolute atomic E-state index is 0.140. The first-order valence-electron chi connectivity index (χ1n) is 8.87. The number of aryl methyl sites for hydroxylation is 3. The molecule has 0 atom stereocenters. The van der Waals surface area contributed by atoms with E-state index in [-0.39, 0.29) is 11.7 Å². The standard InChI is InChI=1S/C21H19ClN4OS/c1-12-8-15-9-14(3)20-24-25-21(26(20)18(15)10-13(12)2)28-11-19(27)23-17-7-5-4-6-16(17)22/h4-10H,11H2,1-3H3,(H,23,27). The van der Waals surface area contributed by atoms with E-state index in [4.69, 9.17) is 11.6 Å². The molecule has 2 aromatic carbocycles. The first-order valence-corrected chi connectivity index (χ1v) is 10.2. The molecular weight excluding hydrogens is 392 g/mol. The van der Waals surface area contributed by atoms with Crippen LogP contribution < -0.4 is 5.32 Å². The molecular formula is C21H19ClN4OS. The van der Waals surface area contributed by atoms with Crippen LogP contribution in [0.2, 0.25) is 5.02 Å². The molecule has 0 fully saturated rings. The van der Waals surface area contributed by atoms with Crippen LogP contribution in [0.1, 0.15) is 16.7 Å². The molecule has 0 radical (unpaired) electrons. The summed E-state index contributed by atoms with van der Waals surface area (Å²) in [6, 6.07) is 13.6. The van der Waals surface area contributed by atoms with Gasteiger partial charge in [0.25, 0.3) is 0 Å². The molecule has 4 aromatic rings. The van der Waals surface area contributed by atoms with Crippen molar-refractivity contribution in [1.82, 2.24) is 14.6 Å². The lowest BCUT2D eigenvalue weighted by Crippen LogP contribution is -2.14. The quantitative estimate of drug-likeness (QED) is 0.470. The van der Waals surface area contributed by atoms with E-state index >= 15 is 0 Å². The van der Waals surface area contributed by atoms with Crippen LogP contribution in [0.25, 0.3) is 16.6 Å². The van der Waals surface area contributed by atoms with E-state index in [9.17, 15) is 4.79 Å². The van der Waals surface area contributed by atoms with E-state index in [1.54, 1.807) is 12.1 Å². The summed E-state index contributed by atoms with van der Waals surface area (Å²) >= 11 is 7.47. The SMILES string of the molecule is Cc1cc2cc(C)c3nnc(SCC(=O)Nc4ccccc4Cl)n3c2cc1C. The minimum Gasteiger partial charge on any atom is -0.324 e. The fourth-order valence-corrected chi connectivity index (χ4v) is 4.07.